The Morgan fingerprint density at radius 1 is 0.842 bits per heavy atom. The maximum atomic E-state index is 2.45. The van der Waals surface area contributed by atoms with Crippen molar-refractivity contribution in [3.63, 3.8) is 0 Å². The molecular formula is C36H35N2+. The zero-order valence-corrected chi connectivity index (χ0v) is 22.6. The van der Waals surface area contributed by atoms with Gasteiger partial charge in [-0.05, 0) is 60.9 Å². The maximum Gasteiger partial charge on any atom is 0.217 e. The minimum Gasteiger partial charge on any atom is -0.347 e. The fourth-order valence-corrected chi connectivity index (χ4v) is 7.49. The highest BCUT2D eigenvalue weighted by atomic mass is 15.2. The Balaban J connectivity index is 1.34. The summed E-state index contributed by atoms with van der Waals surface area (Å²) in [7, 11) is 4.49. The smallest absolute Gasteiger partial charge is 0.217 e. The van der Waals surface area contributed by atoms with E-state index >= 15 is 0 Å². The Morgan fingerprint density at radius 2 is 1.58 bits per heavy atom. The lowest BCUT2D eigenvalue weighted by Gasteiger charge is -2.40. The number of para-hydroxylation sites is 1. The third-order valence-electron chi connectivity index (χ3n) is 9.51. The Hall–Kier alpha value is -3.91. The highest BCUT2D eigenvalue weighted by Gasteiger charge is 2.50. The predicted octanol–water partition coefficient (Wildman–Crippen LogP) is 8.08. The zero-order valence-electron chi connectivity index (χ0n) is 22.6. The van der Waals surface area contributed by atoms with Crippen molar-refractivity contribution in [1.29, 1.82) is 0 Å². The van der Waals surface area contributed by atoms with Crippen molar-refractivity contribution in [2.24, 2.45) is 0 Å². The maximum absolute atomic E-state index is 2.45. The standard InChI is InChI=1S/C36H35N2/c1-35(25-26-13-5-4-6-14-26)30-22-21-27-15-7-8-16-28(27)34(30)38(3)32(35)19-11-20-33-36(23-12-24-36)29-17-9-10-18-31(29)37(33)2/h4-11,13-22H,12,23-25H2,1-3H3/q+1. The zero-order chi connectivity index (χ0) is 25.9. The number of rotatable bonds is 4. The molecule has 0 saturated heterocycles. The molecule has 38 heavy (non-hydrogen) atoms. The average molecular weight is 496 g/mol. The number of likely N-dealkylation sites (N-methyl/N-ethyl adjacent to an activating group) is 1. The van der Waals surface area contributed by atoms with Crippen LogP contribution in [0, 0.1) is 0 Å². The number of hydrogen-bond donors (Lipinski definition) is 0. The van der Waals surface area contributed by atoms with Crippen LogP contribution < -0.4 is 4.90 Å². The van der Waals surface area contributed by atoms with Crippen LogP contribution in [-0.4, -0.2) is 24.4 Å². The van der Waals surface area contributed by atoms with E-state index in [4.69, 9.17) is 0 Å². The monoisotopic (exact) mass is 495 g/mol. The number of fused-ring (bicyclic) bond motifs is 5. The molecule has 1 fully saturated rings. The minimum atomic E-state index is -0.122. The Kier molecular flexibility index (Phi) is 5.23. The molecule has 0 amide bonds. The molecule has 188 valence electrons. The van der Waals surface area contributed by atoms with Crippen molar-refractivity contribution in [3.8, 4) is 0 Å². The van der Waals surface area contributed by atoms with Gasteiger partial charge in [0.25, 0.3) is 0 Å². The van der Waals surface area contributed by atoms with Gasteiger partial charge in [0.2, 0.25) is 5.69 Å². The quantitative estimate of drug-likeness (QED) is 0.259. The fourth-order valence-electron chi connectivity index (χ4n) is 7.49. The van der Waals surface area contributed by atoms with Crippen LogP contribution in [0.1, 0.15) is 42.9 Å². The summed E-state index contributed by atoms with van der Waals surface area (Å²) in [5.74, 6) is 0. The molecule has 7 rings (SSSR count). The van der Waals surface area contributed by atoms with Crippen LogP contribution >= 0.6 is 0 Å². The van der Waals surface area contributed by atoms with Gasteiger partial charge in [0.05, 0.1) is 10.8 Å². The largest absolute Gasteiger partial charge is 0.347 e. The van der Waals surface area contributed by atoms with Gasteiger partial charge in [0.15, 0.2) is 5.71 Å². The van der Waals surface area contributed by atoms with Gasteiger partial charge in [-0.25, -0.2) is 0 Å². The van der Waals surface area contributed by atoms with E-state index < -0.39 is 0 Å². The third kappa shape index (κ3) is 3.22. The molecule has 0 bridgehead atoms. The summed E-state index contributed by atoms with van der Waals surface area (Å²) in [5, 5.41) is 2.62. The number of hydrogen-bond acceptors (Lipinski definition) is 1. The molecule has 0 radical (unpaired) electrons. The molecule has 4 aromatic rings. The van der Waals surface area contributed by atoms with E-state index in [9.17, 15) is 0 Å². The van der Waals surface area contributed by atoms with Gasteiger partial charge in [-0.15, -0.1) is 0 Å². The first-order chi connectivity index (χ1) is 18.5. The number of nitrogens with zero attached hydrogens (tertiary/aromatic N) is 2. The summed E-state index contributed by atoms with van der Waals surface area (Å²) < 4.78 is 2.45. The Labute approximate surface area is 226 Å². The lowest BCUT2D eigenvalue weighted by Crippen LogP contribution is -2.36. The molecule has 2 aliphatic heterocycles. The van der Waals surface area contributed by atoms with Gasteiger partial charge in [0, 0.05) is 35.5 Å². The molecule has 0 aromatic heterocycles. The van der Waals surface area contributed by atoms with Crippen LogP contribution in [0.5, 0.6) is 0 Å². The molecule has 1 aliphatic carbocycles. The first-order valence-electron chi connectivity index (χ1n) is 13.9. The van der Waals surface area contributed by atoms with Gasteiger partial charge in [0.1, 0.15) is 7.05 Å². The molecule has 2 nitrogen and oxygen atoms in total. The number of benzene rings is 4. The second-order valence-electron chi connectivity index (χ2n) is 11.5. The average Bonchev–Trinajstić information content (AvgIpc) is 3.30. The van der Waals surface area contributed by atoms with E-state index in [-0.39, 0.29) is 10.8 Å². The summed E-state index contributed by atoms with van der Waals surface area (Å²) in [4.78, 5) is 2.42. The summed E-state index contributed by atoms with van der Waals surface area (Å²) in [6.07, 6.45) is 11.9. The second kappa shape index (κ2) is 8.56. The summed E-state index contributed by atoms with van der Waals surface area (Å²) in [5.41, 5.74) is 9.86. The highest BCUT2D eigenvalue weighted by molar-refractivity contribution is 6.07. The summed E-state index contributed by atoms with van der Waals surface area (Å²) in [6, 6.07) is 33.4. The van der Waals surface area contributed by atoms with Crippen molar-refractivity contribution in [2.75, 3.05) is 19.0 Å². The first kappa shape index (κ1) is 23.2. The van der Waals surface area contributed by atoms with E-state index in [1.807, 2.05) is 0 Å². The van der Waals surface area contributed by atoms with Crippen LogP contribution in [0.3, 0.4) is 0 Å². The topological polar surface area (TPSA) is 6.25 Å². The van der Waals surface area contributed by atoms with Gasteiger partial charge < -0.3 is 4.90 Å². The third-order valence-corrected chi connectivity index (χ3v) is 9.51. The molecule has 1 atom stereocenters. The highest BCUT2D eigenvalue weighted by Crippen LogP contribution is 2.58. The predicted molar refractivity (Wildman–Crippen MR) is 160 cm³/mol. The SMILES string of the molecule is CN1/C(=C/C=C/C2=[N+](C)c3c(ccc4ccccc34)C2(C)Cc2ccccc2)C2(CCC2)c2ccccc21. The molecule has 1 spiro atoms. The molecule has 2 heteroatoms. The molecular weight excluding hydrogens is 460 g/mol. The van der Waals surface area contributed by atoms with Crippen LogP contribution in [0.15, 0.2) is 115 Å². The minimum absolute atomic E-state index is 0.122. The Morgan fingerprint density at radius 3 is 2.37 bits per heavy atom. The summed E-state index contributed by atoms with van der Waals surface area (Å²) >= 11 is 0. The van der Waals surface area contributed by atoms with E-state index in [1.165, 1.54) is 69.5 Å². The number of anilines is 1. The van der Waals surface area contributed by atoms with Gasteiger partial charge in [-0.1, -0.05) is 91.4 Å². The molecule has 1 saturated carbocycles. The van der Waals surface area contributed by atoms with Crippen LogP contribution in [0.4, 0.5) is 11.4 Å². The van der Waals surface area contributed by atoms with Crippen molar-refractivity contribution < 1.29 is 4.58 Å². The lowest BCUT2D eigenvalue weighted by molar-refractivity contribution is -0.399. The van der Waals surface area contributed by atoms with Crippen LogP contribution in [-0.2, 0) is 17.3 Å². The summed E-state index contributed by atoms with van der Waals surface area (Å²) in [6.45, 7) is 2.43. The first-order valence-corrected chi connectivity index (χ1v) is 13.9. The van der Waals surface area contributed by atoms with E-state index in [2.05, 4.69) is 140 Å². The van der Waals surface area contributed by atoms with E-state index in [1.54, 1.807) is 0 Å². The molecule has 1 unspecified atom stereocenters. The Bertz CT molecular complexity index is 1650. The van der Waals surface area contributed by atoms with E-state index in [0.717, 1.165) is 6.42 Å². The van der Waals surface area contributed by atoms with Crippen molar-refractivity contribution >= 4 is 27.9 Å². The molecule has 4 aromatic carbocycles. The van der Waals surface area contributed by atoms with Crippen molar-refractivity contribution in [1.82, 2.24) is 0 Å². The van der Waals surface area contributed by atoms with Gasteiger partial charge in [-0.2, -0.15) is 4.58 Å². The molecule has 3 aliphatic rings. The van der Waals surface area contributed by atoms with Crippen molar-refractivity contribution in [3.05, 3.63) is 132 Å². The fraction of sp³-hybridized carbons (Fsp3) is 0.250. The second-order valence-corrected chi connectivity index (χ2v) is 11.5. The van der Waals surface area contributed by atoms with E-state index in [0.29, 0.717) is 0 Å². The van der Waals surface area contributed by atoms with Gasteiger partial charge >= 0.3 is 0 Å². The lowest BCUT2D eigenvalue weighted by atomic mass is 9.63. The van der Waals surface area contributed by atoms with Crippen LogP contribution in [0.2, 0.25) is 0 Å². The number of allylic oxidation sites excluding steroid dienone is 4. The van der Waals surface area contributed by atoms with Gasteiger partial charge in [-0.3, -0.25) is 0 Å². The van der Waals surface area contributed by atoms with Crippen molar-refractivity contribution in [2.45, 2.75) is 43.4 Å². The van der Waals surface area contributed by atoms with Crippen LogP contribution in [0.25, 0.3) is 10.8 Å². The molecule has 0 N–H and O–H groups in total. The molecule has 2 heterocycles. The normalized spacial score (nSPS) is 22.5.